The monoisotopic (exact) mass is 286 g/mol. The van der Waals surface area contributed by atoms with Crippen LogP contribution in [-0.2, 0) is 4.74 Å². The first kappa shape index (κ1) is 14.0. The number of rotatable bonds is 3. The van der Waals surface area contributed by atoms with Crippen molar-refractivity contribution in [2.75, 3.05) is 24.7 Å². The molecule has 0 spiro atoms. The molecule has 1 saturated heterocycles. The molecular formula is C16H18N2O3. The summed E-state index contributed by atoms with van der Waals surface area (Å²) < 4.78 is 5.54. The lowest BCUT2D eigenvalue weighted by molar-refractivity contribution is -0.0105. The van der Waals surface area contributed by atoms with Crippen molar-refractivity contribution in [2.24, 2.45) is 0 Å². The van der Waals surface area contributed by atoms with Gasteiger partial charge in [0.2, 0.25) is 0 Å². The van der Waals surface area contributed by atoms with E-state index >= 15 is 0 Å². The second kappa shape index (κ2) is 5.79. The Bertz CT molecular complexity index is 659. The van der Waals surface area contributed by atoms with Crippen LogP contribution in [0.4, 0.5) is 5.82 Å². The number of aldehydes is 1. The number of hydrogen-bond donors (Lipinski definition) is 1. The van der Waals surface area contributed by atoms with E-state index in [-0.39, 0.29) is 18.8 Å². The number of benzene rings is 1. The number of carbonyl (C=O) groups excluding carboxylic acids is 1. The van der Waals surface area contributed by atoms with Crippen LogP contribution >= 0.6 is 0 Å². The molecule has 2 heterocycles. The molecule has 1 aromatic heterocycles. The summed E-state index contributed by atoms with van der Waals surface area (Å²) in [6, 6.07) is 9.71. The molecule has 0 saturated carbocycles. The molecule has 1 fully saturated rings. The van der Waals surface area contributed by atoms with Crippen LogP contribution in [0.5, 0.6) is 0 Å². The first-order chi connectivity index (χ1) is 10.2. The minimum atomic E-state index is -0.242. The Kier molecular flexibility index (Phi) is 3.86. The van der Waals surface area contributed by atoms with Gasteiger partial charge >= 0.3 is 0 Å². The van der Waals surface area contributed by atoms with Crippen molar-refractivity contribution >= 4 is 23.0 Å². The Morgan fingerprint density at radius 3 is 3.05 bits per heavy atom. The van der Waals surface area contributed by atoms with E-state index in [2.05, 4.69) is 4.98 Å². The van der Waals surface area contributed by atoms with Crippen LogP contribution in [0.25, 0.3) is 10.9 Å². The third-order valence-corrected chi connectivity index (χ3v) is 3.84. The zero-order chi connectivity index (χ0) is 14.8. The molecule has 1 aliphatic rings. The number of nitrogens with zero attached hydrogens (tertiary/aromatic N) is 2. The number of aliphatic hydroxyl groups excluding tert-OH is 1. The number of pyridine rings is 1. The van der Waals surface area contributed by atoms with Crippen molar-refractivity contribution in [1.82, 2.24) is 4.98 Å². The van der Waals surface area contributed by atoms with Crippen molar-refractivity contribution in [1.29, 1.82) is 0 Å². The first-order valence-corrected chi connectivity index (χ1v) is 7.07. The number of aromatic nitrogens is 1. The van der Waals surface area contributed by atoms with Crippen LogP contribution in [0.15, 0.2) is 30.3 Å². The topological polar surface area (TPSA) is 62.7 Å². The zero-order valence-electron chi connectivity index (χ0n) is 11.9. The summed E-state index contributed by atoms with van der Waals surface area (Å²) in [6.07, 6.45) is 0.597. The maximum absolute atomic E-state index is 11.4. The van der Waals surface area contributed by atoms with Gasteiger partial charge in [0, 0.05) is 11.9 Å². The lowest BCUT2D eigenvalue weighted by atomic mass is 10.1. The summed E-state index contributed by atoms with van der Waals surface area (Å²) in [5.41, 5.74) is 1.43. The number of fused-ring (bicyclic) bond motifs is 1. The van der Waals surface area contributed by atoms with Gasteiger partial charge in [-0.2, -0.15) is 0 Å². The second-order valence-corrected chi connectivity index (χ2v) is 5.35. The molecule has 0 bridgehead atoms. The number of anilines is 1. The minimum absolute atomic E-state index is 0.0345. The molecule has 1 N–H and O–H groups in total. The molecule has 1 aromatic carbocycles. The van der Waals surface area contributed by atoms with Gasteiger partial charge in [0.1, 0.15) is 5.82 Å². The van der Waals surface area contributed by atoms with Crippen molar-refractivity contribution in [3.63, 3.8) is 0 Å². The van der Waals surface area contributed by atoms with Crippen LogP contribution in [0.2, 0.25) is 0 Å². The summed E-state index contributed by atoms with van der Waals surface area (Å²) in [5.74, 6) is 0.665. The third-order valence-electron chi connectivity index (χ3n) is 3.84. The summed E-state index contributed by atoms with van der Waals surface area (Å²) in [4.78, 5) is 18.1. The molecule has 0 radical (unpaired) electrons. The van der Waals surface area contributed by atoms with E-state index in [1.54, 1.807) is 0 Å². The highest BCUT2D eigenvalue weighted by molar-refractivity contribution is 5.91. The fourth-order valence-electron chi connectivity index (χ4n) is 2.66. The highest BCUT2D eigenvalue weighted by atomic mass is 16.5. The van der Waals surface area contributed by atoms with E-state index in [0.29, 0.717) is 24.5 Å². The smallest absolute Gasteiger partial charge is 0.153 e. The molecule has 0 aliphatic carbocycles. The van der Waals surface area contributed by atoms with Gasteiger partial charge < -0.3 is 14.7 Å². The van der Waals surface area contributed by atoms with Gasteiger partial charge in [0.15, 0.2) is 6.29 Å². The quantitative estimate of drug-likeness (QED) is 0.869. The maximum atomic E-state index is 11.4. The Hall–Kier alpha value is -1.98. The van der Waals surface area contributed by atoms with E-state index in [4.69, 9.17) is 4.74 Å². The van der Waals surface area contributed by atoms with Crippen LogP contribution in [0.3, 0.4) is 0 Å². The molecular weight excluding hydrogens is 268 g/mol. The molecule has 2 atom stereocenters. The summed E-state index contributed by atoms with van der Waals surface area (Å²) in [7, 11) is 0. The average molecular weight is 286 g/mol. The van der Waals surface area contributed by atoms with Gasteiger partial charge in [-0.05, 0) is 19.1 Å². The van der Waals surface area contributed by atoms with Gasteiger partial charge in [-0.1, -0.05) is 18.2 Å². The van der Waals surface area contributed by atoms with E-state index < -0.39 is 0 Å². The summed E-state index contributed by atoms with van der Waals surface area (Å²) in [6.45, 7) is 3.04. The standard InChI is InChI=1S/C16H18N2O3/c1-11-10-21-14(9-20)7-18(11)16-13(8-19)6-12-4-2-3-5-15(12)17-16/h2-6,8,11,14,20H,7,9-10H2,1H3. The molecule has 3 rings (SSSR count). The van der Waals surface area contributed by atoms with Gasteiger partial charge in [-0.3, -0.25) is 4.79 Å². The largest absolute Gasteiger partial charge is 0.394 e. The second-order valence-electron chi connectivity index (χ2n) is 5.35. The number of carbonyl (C=O) groups is 1. The van der Waals surface area contributed by atoms with E-state index in [1.165, 1.54) is 0 Å². The van der Waals surface area contributed by atoms with Crippen LogP contribution in [0, 0.1) is 0 Å². The fourth-order valence-corrected chi connectivity index (χ4v) is 2.66. The number of para-hydroxylation sites is 1. The van der Waals surface area contributed by atoms with Crippen LogP contribution in [0.1, 0.15) is 17.3 Å². The highest BCUT2D eigenvalue weighted by Gasteiger charge is 2.28. The van der Waals surface area contributed by atoms with Crippen LogP contribution in [-0.4, -0.2) is 48.3 Å². The van der Waals surface area contributed by atoms with Gasteiger partial charge in [0.05, 0.1) is 36.4 Å². The van der Waals surface area contributed by atoms with Crippen molar-refractivity contribution in [3.05, 3.63) is 35.9 Å². The normalized spacial score (nSPS) is 22.5. The Morgan fingerprint density at radius 2 is 2.29 bits per heavy atom. The van der Waals surface area contributed by atoms with Crippen molar-refractivity contribution in [2.45, 2.75) is 19.1 Å². The predicted octanol–water partition coefficient (Wildman–Crippen LogP) is 1.63. The Morgan fingerprint density at radius 1 is 1.48 bits per heavy atom. The number of aliphatic hydroxyl groups is 1. The molecule has 0 amide bonds. The predicted molar refractivity (Wildman–Crippen MR) is 80.8 cm³/mol. The van der Waals surface area contributed by atoms with E-state index in [9.17, 15) is 9.90 Å². The minimum Gasteiger partial charge on any atom is -0.394 e. The highest BCUT2D eigenvalue weighted by Crippen LogP contribution is 2.26. The lowest BCUT2D eigenvalue weighted by Crippen LogP contribution is -2.50. The third kappa shape index (κ3) is 2.62. The molecule has 2 unspecified atom stereocenters. The average Bonchev–Trinajstić information content (AvgIpc) is 2.54. The molecule has 5 heteroatoms. The van der Waals surface area contributed by atoms with Crippen molar-refractivity contribution < 1.29 is 14.6 Å². The molecule has 110 valence electrons. The Labute approximate surface area is 123 Å². The van der Waals surface area contributed by atoms with Crippen LogP contribution < -0.4 is 4.90 Å². The summed E-state index contributed by atoms with van der Waals surface area (Å²) >= 11 is 0. The number of morpholine rings is 1. The Balaban J connectivity index is 2.06. The zero-order valence-corrected chi connectivity index (χ0v) is 11.9. The molecule has 2 aromatic rings. The van der Waals surface area contributed by atoms with E-state index in [0.717, 1.165) is 17.2 Å². The molecule has 1 aliphatic heterocycles. The van der Waals surface area contributed by atoms with Gasteiger partial charge in [0.25, 0.3) is 0 Å². The summed E-state index contributed by atoms with van der Waals surface area (Å²) in [5, 5.41) is 10.2. The SMILES string of the molecule is CC1COC(CO)CN1c1nc2ccccc2cc1C=O. The first-order valence-electron chi connectivity index (χ1n) is 7.07. The van der Waals surface area contributed by atoms with Crippen molar-refractivity contribution in [3.8, 4) is 0 Å². The fraction of sp³-hybridized carbons (Fsp3) is 0.375. The lowest BCUT2D eigenvalue weighted by Gasteiger charge is -2.38. The number of ether oxygens (including phenoxy) is 1. The number of hydrogen-bond acceptors (Lipinski definition) is 5. The molecule has 21 heavy (non-hydrogen) atoms. The maximum Gasteiger partial charge on any atom is 0.153 e. The van der Waals surface area contributed by atoms with E-state index in [1.807, 2.05) is 42.2 Å². The van der Waals surface area contributed by atoms with Gasteiger partial charge in [-0.15, -0.1) is 0 Å². The molecule has 5 nitrogen and oxygen atoms in total. The van der Waals surface area contributed by atoms with Gasteiger partial charge in [-0.25, -0.2) is 4.98 Å².